The SMILES string of the molecule is c1ccc(-c2nc(-c3ccccc3)nc(-c3ccc4c5cccc6c7cccc8cccc(c87)n(c4c3)c65)n2)cc1. The van der Waals surface area contributed by atoms with E-state index in [1.165, 1.54) is 43.4 Å². The van der Waals surface area contributed by atoms with Crippen LogP contribution in [-0.4, -0.2) is 19.4 Å². The Morgan fingerprint density at radius 1 is 0.390 bits per heavy atom. The van der Waals surface area contributed by atoms with Crippen LogP contribution in [0.4, 0.5) is 0 Å². The number of nitrogens with zero attached hydrogens (tertiary/aromatic N) is 4. The maximum atomic E-state index is 4.99. The first-order valence-corrected chi connectivity index (χ1v) is 13.8. The minimum atomic E-state index is 0.660. The van der Waals surface area contributed by atoms with Crippen LogP contribution in [0.15, 0.2) is 133 Å². The summed E-state index contributed by atoms with van der Waals surface area (Å²) in [5, 5.41) is 7.56. The molecule has 4 nitrogen and oxygen atoms in total. The first kappa shape index (κ1) is 22.2. The van der Waals surface area contributed by atoms with E-state index in [0.717, 1.165) is 22.2 Å². The van der Waals surface area contributed by atoms with Gasteiger partial charge in [-0.15, -0.1) is 0 Å². The van der Waals surface area contributed by atoms with Crippen molar-refractivity contribution < 1.29 is 0 Å². The van der Waals surface area contributed by atoms with Gasteiger partial charge >= 0.3 is 0 Å². The molecule has 0 N–H and O–H groups in total. The van der Waals surface area contributed by atoms with E-state index < -0.39 is 0 Å². The summed E-state index contributed by atoms with van der Waals surface area (Å²) < 4.78 is 2.43. The second kappa shape index (κ2) is 8.44. The molecule has 0 radical (unpaired) electrons. The van der Waals surface area contributed by atoms with Gasteiger partial charge in [0.05, 0.1) is 16.6 Å². The fourth-order valence-electron chi connectivity index (χ4n) is 6.34. The van der Waals surface area contributed by atoms with Crippen molar-refractivity contribution in [1.82, 2.24) is 19.4 Å². The van der Waals surface area contributed by atoms with Crippen molar-refractivity contribution in [2.75, 3.05) is 0 Å². The molecule has 3 heterocycles. The molecule has 0 atom stereocenters. The van der Waals surface area contributed by atoms with Crippen LogP contribution in [0.25, 0.3) is 83.0 Å². The number of fused-ring (bicyclic) bond motifs is 5. The summed E-state index contributed by atoms with van der Waals surface area (Å²) in [6, 6.07) is 46.7. The Morgan fingerprint density at radius 3 is 1.63 bits per heavy atom. The highest BCUT2D eigenvalue weighted by atomic mass is 15.0. The molecule has 4 heteroatoms. The Balaban J connectivity index is 1.37. The maximum Gasteiger partial charge on any atom is 0.164 e. The van der Waals surface area contributed by atoms with Gasteiger partial charge in [0, 0.05) is 38.2 Å². The van der Waals surface area contributed by atoms with Gasteiger partial charge in [-0.3, -0.25) is 0 Å². The fourth-order valence-corrected chi connectivity index (χ4v) is 6.34. The normalized spacial score (nSPS) is 11.9. The monoisotopic (exact) mass is 522 g/mol. The topological polar surface area (TPSA) is 43.1 Å². The summed E-state index contributed by atoms with van der Waals surface area (Å²) in [5.41, 5.74) is 6.49. The predicted molar refractivity (Wildman–Crippen MR) is 168 cm³/mol. The van der Waals surface area contributed by atoms with E-state index in [-0.39, 0.29) is 0 Å². The molecular weight excluding hydrogens is 500 g/mol. The van der Waals surface area contributed by atoms with Gasteiger partial charge < -0.3 is 4.40 Å². The second-order valence-corrected chi connectivity index (χ2v) is 10.5. The van der Waals surface area contributed by atoms with Crippen molar-refractivity contribution in [3.05, 3.63) is 133 Å². The molecule has 9 rings (SSSR count). The average Bonchev–Trinajstić information content (AvgIpc) is 3.39. The van der Waals surface area contributed by atoms with Gasteiger partial charge in [-0.25, -0.2) is 15.0 Å². The number of hydrogen-bond donors (Lipinski definition) is 0. The van der Waals surface area contributed by atoms with Crippen molar-refractivity contribution in [2.24, 2.45) is 0 Å². The lowest BCUT2D eigenvalue weighted by Crippen LogP contribution is -2.00. The highest BCUT2D eigenvalue weighted by Crippen LogP contribution is 2.41. The van der Waals surface area contributed by atoms with Gasteiger partial charge in [0.25, 0.3) is 0 Å². The van der Waals surface area contributed by atoms with Gasteiger partial charge in [0.2, 0.25) is 0 Å². The van der Waals surface area contributed by atoms with E-state index in [0.29, 0.717) is 17.5 Å². The van der Waals surface area contributed by atoms with E-state index in [1.54, 1.807) is 0 Å². The standard InChI is InChI=1S/C37H22N4/c1-3-10-24(11-4-1)35-38-36(25-12-5-2-6-13-25)40-37(39-35)26-20-21-27-29-17-9-18-30-28-16-7-14-23-15-8-19-31(33(23)28)41(34(29)30)32(27)22-26/h1-22H. The van der Waals surface area contributed by atoms with Crippen LogP contribution in [0.2, 0.25) is 0 Å². The number of rotatable bonds is 3. The molecule has 0 aliphatic rings. The molecule has 0 spiro atoms. The molecule has 0 amide bonds. The zero-order chi connectivity index (χ0) is 26.9. The Kier molecular flexibility index (Phi) is 4.58. The van der Waals surface area contributed by atoms with Crippen LogP contribution in [0.5, 0.6) is 0 Å². The van der Waals surface area contributed by atoms with Gasteiger partial charge in [0.1, 0.15) is 0 Å². The quantitative estimate of drug-likeness (QED) is 0.172. The molecule has 0 saturated heterocycles. The van der Waals surface area contributed by atoms with Gasteiger partial charge in [-0.05, 0) is 22.9 Å². The summed E-state index contributed by atoms with van der Waals surface area (Å²) in [6.07, 6.45) is 0. The zero-order valence-corrected chi connectivity index (χ0v) is 22.0. The predicted octanol–water partition coefficient (Wildman–Crippen LogP) is 9.18. The summed E-state index contributed by atoms with van der Waals surface area (Å²) in [5.74, 6) is 1.99. The van der Waals surface area contributed by atoms with E-state index in [4.69, 9.17) is 15.0 Å². The maximum absolute atomic E-state index is 4.99. The summed E-state index contributed by atoms with van der Waals surface area (Å²) in [7, 11) is 0. The molecule has 9 aromatic rings. The molecule has 41 heavy (non-hydrogen) atoms. The van der Waals surface area contributed by atoms with E-state index >= 15 is 0 Å². The minimum absolute atomic E-state index is 0.660. The first-order chi connectivity index (χ1) is 20.3. The van der Waals surface area contributed by atoms with Crippen molar-refractivity contribution >= 4 is 48.9 Å². The van der Waals surface area contributed by atoms with Crippen LogP contribution in [0, 0.1) is 0 Å². The summed E-state index contributed by atoms with van der Waals surface area (Å²) in [6.45, 7) is 0. The van der Waals surface area contributed by atoms with Crippen molar-refractivity contribution in [3.8, 4) is 34.2 Å². The summed E-state index contributed by atoms with van der Waals surface area (Å²) >= 11 is 0. The summed E-state index contributed by atoms with van der Waals surface area (Å²) in [4.78, 5) is 14.9. The molecule has 6 aromatic carbocycles. The molecule has 0 saturated carbocycles. The van der Waals surface area contributed by atoms with Crippen LogP contribution < -0.4 is 0 Å². The van der Waals surface area contributed by atoms with Crippen LogP contribution in [0.3, 0.4) is 0 Å². The van der Waals surface area contributed by atoms with Gasteiger partial charge in [-0.2, -0.15) is 0 Å². The van der Waals surface area contributed by atoms with E-state index in [2.05, 4.69) is 77.2 Å². The third-order valence-electron chi connectivity index (χ3n) is 8.16. The molecule has 0 unspecified atom stereocenters. The third kappa shape index (κ3) is 3.25. The molecule has 3 aromatic heterocycles. The van der Waals surface area contributed by atoms with E-state index in [1.807, 2.05) is 60.7 Å². The fraction of sp³-hybridized carbons (Fsp3) is 0. The number of aromatic nitrogens is 4. The minimum Gasteiger partial charge on any atom is -0.308 e. The molecular formula is C37H22N4. The van der Waals surface area contributed by atoms with Gasteiger partial charge in [0.15, 0.2) is 17.5 Å². The number of benzene rings is 6. The Labute approximate surface area is 235 Å². The Hall–Kier alpha value is -5.61. The van der Waals surface area contributed by atoms with Crippen LogP contribution in [0.1, 0.15) is 0 Å². The largest absolute Gasteiger partial charge is 0.308 e. The molecule has 0 fully saturated rings. The number of pyridine rings is 1. The number of hydrogen-bond acceptors (Lipinski definition) is 3. The lowest BCUT2D eigenvalue weighted by Gasteiger charge is -2.13. The number of para-hydroxylation sites is 1. The first-order valence-electron chi connectivity index (χ1n) is 13.8. The average molecular weight is 523 g/mol. The van der Waals surface area contributed by atoms with Crippen LogP contribution in [-0.2, 0) is 0 Å². The van der Waals surface area contributed by atoms with Crippen molar-refractivity contribution in [3.63, 3.8) is 0 Å². The lowest BCUT2D eigenvalue weighted by molar-refractivity contribution is 1.07. The molecule has 0 aliphatic carbocycles. The van der Waals surface area contributed by atoms with Crippen molar-refractivity contribution in [1.29, 1.82) is 0 Å². The Morgan fingerprint density at radius 2 is 0.951 bits per heavy atom. The molecule has 190 valence electrons. The zero-order valence-electron chi connectivity index (χ0n) is 22.0. The van der Waals surface area contributed by atoms with E-state index in [9.17, 15) is 0 Å². The smallest absolute Gasteiger partial charge is 0.164 e. The second-order valence-electron chi connectivity index (χ2n) is 10.5. The van der Waals surface area contributed by atoms with Crippen LogP contribution >= 0.6 is 0 Å². The van der Waals surface area contributed by atoms with Crippen molar-refractivity contribution in [2.45, 2.75) is 0 Å². The lowest BCUT2D eigenvalue weighted by atomic mass is 9.99. The Bertz CT molecular complexity index is 2340. The molecule has 0 bridgehead atoms. The van der Waals surface area contributed by atoms with Gasteiger partial charge in [-0.1, -0.05) is 121 Å². The molecule has 0 aliphatic heterocycles. The highest BCUT2D eigenvalue weighted by Gasteiger charge is 2.19. The third-order valence-corrected chi connectivity index (χ3v) is 8.16. The highest BCUT2D eigenvalue weighted by molar-refractivity contribution is 6.26.